The number of aryl methyl sites for hydroxylation is 1. The number of hydrogen-bond donors (Lipinski definition) is 1. The number of rotatable bonds is 4. The predicted octanol–water partition coefficient (Wildman–Crippen LogP) is 0.525. The molecule has 1 saturated heterocycles. The van der Waals surface area contributed by atoms with Crippen LogP contribution in [0.25, 0.3) is 0 Å². The minimum atomic E-state index is 0.318. The second-order valence-electron chi connectivity index (χ2n) is 3.74. The molecular formula is C9H15N3OS. The van der Waals surface area contributed by atoms with Gasteiger partial charge in [-0.15, -0.1) is 5.10 Å². The molecule has 0 saturated carbocycles. The first kappa shape index (κ1) is 10.0. The molecule has 0 aliphatic carbocycles. The molecule has 0 radical (unpaired) electrons. The fourth-order valence-electron chi connectivity index (χ4n) is 1.74. The Kier molecular flexibility index (Phi) is 3.10. The quantitative estimate of drug-likeness (QED) is 0.792. The van der Waals surface area contributed by atoms with E-state index in [9.17, 15) is 0 Å². The van der Waals surface area contributed by atoms with E-state index in [1.807, 2.05) is 0 Å². The normalized spacial score (nSPS) is 18.4. The van der Waals surface area contributed by atoms with Crippen LogP contribution < -0.4 is 0 Å². The summed E-state index contributed by atoms with van der Waals surface area (Å²) in [5, 5.41) is 13.0. The number of aliphatic hydroxyl groups is 1. The average Bonchev–Trinajstić information content (AvgIpc) is 2.57. The minimum absolute atomic E-state index is 0.318. The summed E-state index contributed by atoms with van der Waals surface area (Å²) < 4.78 is 3.96. The molecule has 1 aromatic heterocycles. The predicted molar refractivity (Wildman–Crippen MR) is 55.1 cm³/mol. The molecule has 1 aliphatic heterocycles. The zero-order valence-electron chi connectivity index (χ0n) is 8.31. The van der Waals surface area contributed by atoms with Crippen LogP contribution in [0.5, 0.6) is 0 Å². The van der Waals surface area contributed by atoms with Crippen LogP contribution in [-0.4, -0.2) is 39.3 Å². The highest BCUT2D eigenvalue weighted by Gasteiger charge is 2.26. The minimum Gasteiger partial charge on any atom is -0.396 e. The van der Waals surface area contributed by atoms with Crippen molar-refractivity contribution in [3.63, 3.8) is 0 Å². The first-order chi connectivity index (χ1) is 6.83. The van der Waals surface area contributed by atoms with Crippen molar-refractivity contribution >= 4 is 11.5 Å². The summed E-state index contributed by atoms with van der Waals surface area (Å²) in [5.41, 5.74) is 1.13. The van der Waals surface area contributed by atoms with Gasteiger partial charge in [0.2, 0.25) is 0 Å². The first-order valence-electron chi connectivity index (χ1n) is 4.96. The van der Waals surface area contributed by atoms with Crippen molar-refractivity contribution in [3.8, 4) is 0 Å². The lowest BCUT2D eigenvalue weighted by molar-refractivity contribution is 0.0485. The Morgan fingerprint density at radius 1 is 1.57 bits per heavy atom. The smallest absolute Gasteiger partial charge is 0.0798 e. The van der Waals surface area contributed by atoms with Gasteiger partial charge < -0.3 is 5.11 Å². The number of hydrogen-bond acceptors (Lipinski definition) is 5. The molecule has 1 N–H and O–H groups in total. The number of likely N-dealkylation sites (tertiary alicyclic amines) is 1. The molecule has 5 heteroatoms. The van der Waals surface area contributed by atoms with Crippen LogP contribution in [0, 0.1) is 5.92 Å². The second kappa shape index (κ2) is 4.33. The maximum absolute atomic E-state index is 8.88. The van der Waals surface area contributed by atoms with Crippen LogP contribution in [0.2, 0.25) is 0 Å². The molecule has 0 aromatic carbocycles. The van der Waals surface area contributed by atoms with E-state index in [0.29, 0.717) is 12.5 Å². The summed E-state index contributed by atoms with van der Waals surface area (Å²) >= 11 is 1.50. The third kappa shape index (κ3) is 1.94. The maximum atomic E-state index is 8.88. The standard InChI is InChI=1S/C9H15N3OS/c1-2-8-9(14-11-10-8)5-12-3-7(4-12)6-13/h7,13H,2-6H2,1H3. The van der Waals surface area contributed by atoms with Gasteiger partial charge in [0, 0.05) is 32.2 Å². The zero-order chi connectivity index (χ0) is 9.97. The lowest BCUT2D eigenvalue weighted by Gasteiger charge is -2.37. The van der Waals surface area contributed by atoms with Gasteiger partial charge in [-0.05, 0) is 18.0 Å². The molecule has 1 aliphatic rings. The Morgan fingerprint density at radius 3 is 3.00 bits per heavy atom. The van der Waals surface area contributed by atoms with E-state index in [-0.39, 0.29) is 0 Å². The van der Waals surface area contributed by atoms with E-state index in [1.165, 1.54) is 16.4 Å². The van der Waals surface area contributed by atoms with Gasteiger partial charge in [-0.3, -0.25) is 4.90 Å². The van der Waals surface area contributed by atoms with Crippen molar-refractivity contribution < 1.29 is 5.11 Å². The highest BCUT2D eigenvalue weighted by Crippen LogP contribution is 2.21. The number of aromatic nitrogens is 2. The van der Waals surface area contributed by atoms with E-state index < -0.39 is 0 Å². The van der Waals surface area contributed by atoms with Gasteiger partial charge in [0.15, 0.2) is 0 Å². The Balaban J connectivity index is 1.86. The van der Waals surface area contributed by atoms with E-state index in [1.54, 1.807) is 0 Å². The fourth-order valence-corrected chi connectivity index (χ4v) is 2.51. The summed E-state index contributed by atoms with van der Waals surface area (Å²) in [7, 11) is 0. The van der Waals surface area contributed by atoms with Gasteiger partial charge in [0.05, 0.1) is 10.6 Å². The van der Waals surface area contributed by atoms with Crippen molar-refractivity contribution in [1.82, 2.24) is 14.5 Å². The summed E-state index contributed by atoms with van der Waals surface area (Å²) in [4.78, 5) is 3.61. The third-order valence-corrected chi connectivity index (χ3v) is 3.38. The molecule has 0 unspecified atom stereocenters. The lowest BCUT2D eigenvalue weighted by atomic mass is 10.0. The van der Waals surface area contributed by atoms with Gasteiger partial charge in [-0.2, -0.15) is 0 Å². The maximum Gasteiger partial charge on any atom is 0.0798 e. The molecule has 0 bridgehead atoms. The monoisotopic (exact) mass is 213 g/mol. The summed E-state index contributed by atoms with van der Waals surface area (Å²) in [5.74, 6) is 0.487. The van der Waals surface area contributed by atoms with E-state index in [0.717, 1.165) is 31.7 Å². The van der Waals surface area contributed by atoms with Gasteiger partial charge in [0.25, 0.3) is 0 Å². The first-order valence-corrected chi connectivity index (χ1v) is 5.74. The van der Waals surface area contributed by atoms with Gasteiger partial charge >= 0.3 is 0 Å². The van der Waals surface area contributed by atoms with E-state index in [4.69, 9.17) is 5.11 Å². The number of aliphatic hydroxyl groups excluding tert-OH is 1. The molecule has 1 aromatic rings. The molecular weight excluding hydrogens is 198 g/mol. The topological polar surface area (TPSA) is 49.2 Å². The lowest BCUT2D eigenvalue weighted by Crippen LogP contribution is -2.47. The highest BCUT2D eigenvalue weighted by atomic mass is 32.1. The average molecular weight is 213 g/mol. The van der Waals surface area contributed by atoms with Crippen LogP contribution in [0.4, 0.5) is 0 Å². The van der Waals surface area contributed by atoms with Gasteiger partial charge in [-0.25, -0.2) is 0 Å². The summed E-state index contributed by atoms with van der Waals surface area (Å²) in [6.07, 6.45) is 0.961. The molecule has 0 amide bonds. The summed E-state index contributed by atoms with van der Waals surface area (Å²) in [6.45, 7) is 5.40. The Hall–Kier alpha value is -0.520. The van der Waals surface area contributed by atoms with Crippen molar-refractivity contribution in [3.05, 3.63) is 10.6 Å². The Labute approximate surface area is 87.7 Å². The molecule has 0 atom stereocenters. The van der Waals surface area contributed by atoms with Gasteiger partial charge in [-0.1, -0.05) is 11.4 Å². The Bertz CT molecular complexity index is 296. The molecule has 78 valence electrons. The van der Waals surface area contributed by atoms with Crippen LogP contribution in [0.15, 0.2) is 0 Å². The molecule has 4 nitrogen and oxygen atoms in total. The fraction of sp³-hybridized carbons (Fsp3) is 0.778. The molecule has 1 fully saturated rings. The molecule has 2 heterocycles. The van der Waals surface area contributed by atoms with Crippen LogP contribution in [0.3, 0.4) is 0 Å². The van der Waals surface area contributed by atoms with E-state index >= 15 is 0 Å². The van der Waals surface area contributed by atoms with Crippen molar-refractivity contribution in [1.29, 1.82) is 0 Å². The molecule has 0 spiro atoms. The van der Waals surface area contributed by atoms with E-state index in [2.05, 4.69) is 21.4 Å². The SMILES string of the molecule is CCc1nnsc1CN1CC(CO)C1. The largest absolute Gasteiger partial charge is 0.396 e. The van der Waals surface area contributed by atoms with Gasteiger partial charge in [0.1, 0.15) is 0 Å². The molecule has 2 rings (SSSR count). The van der Waals surface area contributed by atoms with Crippen molar-refractivity contribution in [2.24, 2.45) is 5.92 Å². The van der Waals surface area contributed by atoms with Crippen LogP contribution in [0.1, 0.15) is 17.5 Å². The zero-order valence-corrected chi connectivity index (χ0v) is 9.13. The molecule has 14 heavy (non-hydrogen) atoms. The highest BCUT2D eigenvalue weighted by molar-refractivity contribution is 7.05. The van der Waals surface area contributed by atoms with Crippen LogP contribution in [-0.2, 0) is 13.0 Å². The number of nitrogens with zero attached hydrogens (tertiary/aromatic N) is 3. The summed E-state index contributed by atoms with van der Waals surface area (Å²) in [6, 6.07) is 0. The third-order valence-electron chi connectivity index (χ3n) is 2.63. The second-order valence-corrected chi connectivity index (χ2v) is 4.58. The van der Waals surface area contributed by atoms with Crippen molar-refractivity contribution in [2.45, 2.75) is 19.9 Å². The van der Waals surface area contributed by atoms with Crippen molar-refractivity contribution in [2.75, 3.05) is 19.7 Å². The Morgan fingerprint density at radius 2 is 2.36 bits per heavy atom. The van der Waals surface area contributed by atoms with Crippen LogP contribution >= 0.6 is 11.5 Å².